The number of phenolic OH excluding ortho intramolecular Hbond substituents is 1. The summed E-state index contributed by atoms with van der Waals surface area (Å²) < 4.78 is 13.5. The number of nitrogens with zero attached hydrogens (tertiary/aromatic N) is 2. The van der Waals surface area contributed by atoms with E-state index in [1.165, 1.54) is 12.1 Å². The molecule has 0 aliphatic rings. The fourth-order valence-electron chi connectivity index (χ4n) is 0.992. The van der Waals surface area contributed by atoms with Crippen molar-refractivity contribution in [2.45, 2.75) is 0 Å². The summed E-state index contributed by atoms with van der Waals surface area (Å²) in [5, 5.41) is 16.6. The van der Waals surface area contributed by atoms with E-state index >= 15 is 0 Å². The Hall–Kier alpha value is -1.20. The molecule has 72 valence electrons. The average molecular weight is 231 g/mol. The molecule has 1 aromatic carbocycles. The Morgan fingerprint density at radius 1 is 1.36 bits per heavy atom. The number of halogens is 2. The molecule has 6 heteroatoms. The second kappa shape index (κ2) is 3.51. The molecule has 2 aromatic rings. The van der Waals surface area contributed by atoms with Gasteiger partial charge in [-0.15, -0.1) is 10.2 Å². The van der Waals surface area contributed by atoms with Crippen molar-refractivity contribution in [2.24, 2.45) is 0 Å². The van der Waals surface area contributed by atoms with E-state index in [1.54, 1.807) is 0 Å². The minimum Gasteiger partial charge on any atom is -0.508 e. The van der Waals surface area contributed by atoms with Gasteiger partial charge in [0.05, 0.1) is 0 Å². The van der Waals surface area contributed by atoms with Crippen LogP contribution in [0, 0.1) is 5.82 Å². The van der Waals surface area contributed by atoms with Crippen LogP contribution in [0.1, 0.15) is 0 Å². The summed E-state index contributed by atoms with van der Waals surface area (Å²) in [4.78, 5) is 0. The summed E-state index contributed by atoms with van der Waals surface area (Å²) in [6.07, 6.45) is 0. The number of hydrogen-bond donors (Lipinski definition) is 1. The average Bonchev–Trinajstić information content (AvgIpc) is 2.51. The molecule has 0 fully saturated rings. The van der Waals surface area contributed by atoms with Gasteiger partial charge in [-0.25, -0.2) is 4.39 Å². The fraction of sp³-hybridized carbons (Fsp3) is 0. The Labute approximate surface area is 87.8 Å². The van der Waals surface area contributed by atoms with E-state index in [0.717, 1.165) is 17.4 Å². The number of phenols is 1. The Bertz CT molecular complexity index is 474. The first kappa shape index (κ1) is 9.36. The third-order valence-corrected chi connectivity index (χ3v) is 2.64. The van der Waals surface area contributed by atoms with Gasteiger partial charge >= 0.3 is 0 Å². The standard InChI is InChI=1S/C8H4ClFN2OS/c9-8-12-11-7(14-8)5-2-1-4(13)3-6(5)10/h1-3,13H. The normalized spacial score (nSPS) is 10.4. The van der Waals surface area contributed by atoms with Crippen LogP contribution in [0.25, 0.3) is 10.6 Å². The highest BCUT2D eigenvalue weighted by atomic mass is 35.5. The number of rotatable bonds is 1. The zero-order chi connectivity index (χ0) is 10.1. The maximum Gasteiger partial charge on any atom is 0.207 e. The Morgan fingerprint density at radius 2 is 2.14 bits per heavy atom. The van der Waals surface area contributed by atoms with Crippen LogP contribution in [-0.2, 0) is 0 Å². The van der Waals surface area contributed by atoms with E-state index in [-0.39, 0.29) is 15.8 Å². The van der Waals surface area contributed by atoms with Gasteiger partial charge in [0.15, 0.2) is 5.01 Å². The second-order valence-corrected chi connectivity index (χ2v) is 4.08. The van der Waals surface area contributed by atoms with Gasteiger partial charge in [0, 0.05) is 11.6 Å². The molecule has 3 nitrogen and oxygen atoms in total. The Morgan fingerprint density at radius 3 is 2.71 bits per heavy atom. The first-order valence-corrected chi connectivity index (χ1v) is 4.84. The minimum atomic E-state index is -0.544. The summed E-state index contributed by atoms with van der Waals surface area (Å²) >= 11 is 6.65. The van der Waals surface area contributed by atoms with Gasteiger partial charge < -0.3 is 5.11 Å². The number of benzene rings is 1. The third-order valence-electron chi connectivity index (χ3n) is 1.58. The molecule has 0 bridgehead atoms. The molecule has 1 aromatic heterocycles. The van der Waals surface area contributed by atoms with Gasteiger partial charge in [-0.3, -0.25) is 0 Å². The van der Waals surface area contributed by atoms with E-state index in [0.29, 0.717) is 5.01 Å². The lowest BCUT2D eigenvalue weighted by Gasteiger charge is -1.97. The van der Waals surface area contributed by atoms with Gasteiger partial charge in [0.2, 0.25) is 4.47 Å². The first-order chi connectivity index (χ1) is 6.66. The zero-order valence-electron chi connectivity index (χ0n) is 6.74. The molecule has 2 rings (SSSR count). The lowest BCUT2D eigenvalue weighted by atomic mass is 10.2. The molecule has 0 atom stereocenters. The van der Waals surface area contributed by atoms with Crippen LogP contribution in [0.4, 0.5) is 4.39 Å². The summed E-state index contributed by atoms with van der Waals surface area (Å²) in [7, 11) is 0. The van der Waals surface area contributed by atoms with Crippen LogP contribution in [0.2, 0.25) is 4.47 Å². The van der Waals surface area contributed by atoms with Crippen LogP contribution in [0.15, 0.2) is 18.2 Å². The van der Waals surface area contributed by atoms with E-state index in [9.17, 15) is 4.39 Å². The van der Waals surface area contributed by atoms with Crippen molar-refractivity contribution >= 4 is 22.9 Å². The van der Waals surface area contributed by atoms with Gasteiger partial charge in [-0.1, -0.05) is 11.3 Å². The van der Waals surface area contributed by atoms with Crippen LogP contribution in [-0.4, -0.2) is 15.3 Å². The van der Waals surface area contributed by atoms with Crippen molar-refractivity contribution in [2.75, 3.05) is 0 Å². The van der Waals surface area contributed by atoms with Crippen molar-refractivity contribution in [3.8, 4) is 16.3 Å². The van der Waals surface area contributed by atoms with Crippen molar-refractivity contribution in [1.29, 1.82) is 0 Å². The van der Waals surface area contributed by atoms with E-state index in [4.69, 9.17) is 16.7 Å². The molecule has 0 saturated heterocycles. The quantitative estimate of drug-likeness (QED) is 0.819. The maximum atomic E-state index is 13.3. The van der Waals surface area contributed by atoms with Gasteiger partial charge in [-0.2, -0.15) is 0 Å². The molecule has 0 saturated carbocycles. The van der Waals surface area contributed by atoms with Gasteiger partial charge in [0.1, 0.15) is 11.6 Å². The molecular formula is C8H4ClFN2OS. The number of hydrogen-bond acceptors (Lipinski definition) is 4. The third kappa shape index (κ3) is 1.69. The minimum absolute atomic E-state index is 0.123. The van der Waals surface area contributed by atoms with Crippen LogP contribution in [0.5, 0.6) is 5.75 Å². The predicted octanol–water partition coefficient (Wildman–Crippen LogP) is 2.70. The summed E-state index contributed by atoms with van der Waals surface area (Å²) in [5.41, 5.74) is 0.284. The first-order valence-electron chi connectivity index (χ1n) is 3.65. The number of aromatic hydroxyl groups is 1. The molecule has 1 heterocycles. The van der Waals surface area contributed by atoms with Gasteiger partial charge in [-0.05, 0) is 23.7 Å². The van der Waals surface area contributed by atoms with Crippen molar-refractivity contribution in [3.63, 3.8) is 0 Å². The summed E-state index contributed by atoms with van der Waals surface area (Å²) in [5.74, 6) is -0.667. The van der Waals surface area contributed by atoms with Crippen molar-refractivity contribution in [3.05, 3.63) is 28.5 Å². The van der Waals surface area contributed by atoms with Crippen LogP contribution in [0.3, 0.4) is 0 Å². The monoisotopic (exact) mass is 230 g/mol. The summed E-state index contributed by atoms with van der Waals surface area (Å²) in [6, 6.07) is 3.83. The van der Waals surface area contributed by atoms with E-state index in [1.807, 2.05) is 0 Å². The molecular weight excluding hydrogens is 227 g/mol. The zero-order valence-corrected chi connectivity index (χ0v) is 8.31. The lowest BCUT2D eigenvalue weighted by Crippen LogP contribution is -1.82. The predicted molar refractivity (Wildman–Crippen MR) is 52.0 cm³/mol. The summed E-state index contributed by atoms with van der Waals surface area (Å²) in [6.45, 7) is 0. The Kier molecular flexibility index (Phi) is 2.35. The molecule has 1 N–H and O–H groups in total. The highest BCUT2D eigenvalue weighted by Crippen LogP contribution is 2.29. The molecule has 0 amide bonds. The molecule has 0 radical (unpaired) electrons. The molecule has 0 aliphatic heterocycles. The smallest absolute Gasteiger partial charge is 0.207 e. The molecule has 14 heavy (non-hydrogen) atoms. The molecule has 0 unspecified atom stereocenters. The lowest BCUT2D eigenvalue weighted by molar-refractivity contribution is 0.469. The SMILES string of the molecule is Oc1ccc(-c2nnc(Cl)s2)c(F)c1. The number of aromatic nitrogens is 2. The molecule has 0 aliphatic carbocycles. The van der Waals surface area contributed by atoms with Crippen molar-refractivity contribution < 1.29 is 9.50 Å². The van der Waals surface area contributed by atoms with Gasteiger partial charge in [0.25, 0.3) is 0 Å². The maximum absolute atomic E-state index is 13.3. The van der Waals surface area contributed by atoms with Crippen LogP contribution < -0.4 is 0 Å². The topological polar surface area (TPSA) is 46.0 Å². The van der Waals surface area contributed by atoms with E-state index < -0.39 is 5.82 Å². The Balaban J connectivity index is 2.52. The van der Waals surface area contributed by atoms with E-state index in [2.05, 4.69) is 10.2 Å². The second-order valence-electron chi connectivity index (χ2n) is 2.52. The molecule has 0 spiro atoms. The van der Waals surface area contributed by atoms with Crippen molar-refractivity contribution in [1.82, 2.24) is 10.2 Å². The fourth-order valence-corrected chi connectivity index (χ4v) is 1.85. The largest absolute Gasteiger partial charge is 0.508 e. The van der Waals surface area contributed by atoms with Crippen LogP contribution >= 0.6 is 22.9 Å². The highest BCUT2D eigenvalue weighted by Gasteiger charge is 2.10. The highest BCUT2D eigenvalue weighted by molar-refractivity contribution is 7.18.